The Morgan fingerprint density at radius 2 is 2.06 bits per heavy atom. The van der Waals surface area contributed by atoms with Crippen molar-refractivity contribution in [3.05, 3.63) is 23.3 Å². The maximum Gasteiger partial charge on any atom is 0.382 e. The summed E-state index contributed by atoms with van der Waals surface area (Å²) in [5.74, 6) is 3.75. The minimum atomic E-state index is -1.27. The van der Waals surface area contributed by atoms with Crippen LogP contribution < -0.4 is 9.47 Å². The van der Waals surface area contributed by atoms with Gasteiger partial charge in [0.15, 0.2) is 6.29 Å². The second kappa shape index (κ2) is 5.56. The molecule has 0 bridgehead atoms. The van der Waals surface area contributed by atoms with Gasteiger partial charge >= 0.3 is 5.97 Å². The summed E-state index contributed by atoms with van der Waals surface area (Å²) in [4.78, 5) is 21.3. The predicted molar refractivity (Wildman–Crippen MR) is 59.4 cm³/mol. The Bertz CT molecular complexity index is 508. The van der Waals surface area contributed by atoms with E-state index >= 15 is 0 Å². The monoisotopic (exact) mass is 234 g/mol. The summed E-state index contributed by atoms with van der Waals surface area (Å²) < 4.78 is 9.99. The van der Waals surface area contributed by atoms with Crippen molar-refractivity contribution in [2.45, 2.75) is 0 Å². The number of carbonyl (C=O) groups excluding carboxylic acids is 1. The number of hydrogen-bond donors (Lipinski definition) is 1. The molecule has 0 saturated heterocycles. The van der Waals surface area contributed by atoms with E-state index in [-0.39, 0.29) is 16.9 Å². The van der Waals surface area contributed by atoms with Gasteiger partial charge in [0.2, 0.25) is 0 Å². The van der Waals surface area contributed by atoms with Crippen molar-refractivity contribution in [3.63, 3.8) is 0 Å². The van der Waals surface area contributed by atoms with Crippen molar-refractivity contribution in [2.75, 3.05) is 14.2 Å². The summed E-state index contributed by atoms with van der Waals surface area (Å²) in [5.41, 5.74) is 0.445. The smallest absolute Gasteiger partial charge is 0.382 e. The van der Waals surface area contributed by atoms with Gasteiger partial charge in [-0.3, -0.25) is 4.79 Å². The topological polar surface area (TPSA) is 72.8 Å². The normalized spacial score (nSPS) is 8.82. The Balaban J connectivity index is 3.40. The highest BCUT2D eigenvalue weighted by atomic mass is 16.5. The molecular weight excluding hydrogens is 224 g/mol. The molecule has 1 N–H and O–H groups in total. The molecule has 0 atom stereocenters. The molecule has 1 aromatic carbocycles. The molecule has 5 nitrogen and oxygen atoms in total. The van der Waals surface area contributed by atoms with Gasteiger partial charge in [0.25, 0.3) is 0 Å². The zero-order chi connectivity index (χ0) is 12.8. The standard InChI is InChI=1S/C12H10O5/c1-16-9-5-8(3-4-12(14)15)10(7-13)11(6-9)17-2/h5-7H,1-2H3,(H,14,15). The summed E-state index contributed by atoms with van der Waals surface area (Å²) in [5, 5.41) is 8.47. The predicted octanol–water partition coefficient (Wildman–Crippen LogP) is 0.952. The summed E-state index contributed by atoms with van der Waals surface area (Å²) in [6.45, 7) is 0. The Hall–Kier alpha value is -2.48. The lowest BCUT2D eigenvalue weighted by molar-refractivity contribution is -0.130. The number of aldehydes is 1. The van der Waals surface area contributed by atoms with Gasteiger partial charge < -0.3 is 14.6 Å². The van der Waals surface area contributed by atoms with Gasteiger partial charge in [-0.15, -0.1) is 0 Å². The highest BCUT2D eigenvalue weighted by molar-refractivity contribution is 5.90. The molecule has 5 heteroatoms. The van der Waals surface area contributed by atoms with E-state index in [1.165, 1.54) is 26.4 Å². The molecule has 0 heterocycles. The van der Waals surface area contributed by atoms with Gasteiger partial charge in [0.1, 0.15) is 11.5 Å². The van der Waals surface area contributed by atoms with E-state index in [0.717, 1.165) is 0 Å². The number of ether oxygens (including phenoxy) is 2. The van der Waals surface area contributed by atoms with Crippen molar-refractivity contribution in [3.8, 4) is 23.3 Å². The first kappa shape index (κ1) is 12.6. The third kappa shape index (κ3) is 2.98. The van der Waals surface area contributed by atoms with Crippen LogP contribution in [0.2, 0.25) is 0 Å². The van der Waals surface area contributed by atoms with Crippen LogP contribution in [0.3, 0.4) is 0 Å². The van der Waals surface area contributed by atoms with Crippen LogP contribution in [0, 0.1) is 11.8 Å². The molecule has 17 heavy (non-hydrogen) atoms. The average Bonchev–Trinajstić information content (AvgIpc) is 2.34. The Morgan fingerprint density at radius 1 is 1.35 bits per heavy atom. The quantitative estimate of drug-likeness (QED) is 0.622. The van der Waals surface area contributed by atoms with Crippen molar-refractivity contribution in [2.24, 2.45) is 0 Å². The van der Waals surface area contributed by atoms with Gasteiger partial charge in [0, 0.05) is 17.6 Å². The van der Waals surface area contributed by atoms with Gasteiger partial charge in [-0.25, -0.2) is 4.79 Å². The SMILES string of the molecule is COc1cc(C#CC(=O)O)c(C=O)c(OC)c1. The van der Waals surface area contributed by atoms with E-state index in [1.807, 2.05) is 5.92 Å². The molecule has 0 aliphatic heterocycles. The first-order valence-electron chi connectivity index (χ1n) is 4.58. The fourth-order valence-corrected chi connectivity index (χ4v) is 1.23. The number of methoxy groups -OCH3 is 2. The second-order valence-electron chi connectivity index (χ2n) is 2.96. The molecule has 0 spiro atoms. The fraction of sp³-hybridized carbons (Fsp3) is 0.167. The molecule has 0 aliphatic rings. The average molecular weight is 234 g/mol. The van der Waals surface area contributed by atoms with Gasteiger partial charge in [-0.1, -0.05) is 5.92 Å². The lowest BCUT2D eigenvalue weighted by Crippen LogP contribution is -1.97. The summed E-state index contributed by atoms with van der Waals surface area (Å²) in [7, 11) is 2.85. The molecule has 0 fully saturated rings. The molecule has 1 rings (SSSR count). The maximum absolute atomic E-state index is 10.9. The molecule has 0 saturated carbocycles. The number of hydrogen-bond acceptors (Lipinski definition) is 4. The first-order valence-corrected chi connectivity index (χ1v) is 4.58. The summed E-state index contributed by atoms with van der Waals surface area (Å²) in [6, 6.07) is 3.00. The summed E-state index contributed by atoms with van der Waals surface area (Å²) >= 11 is 0. The van der Waals surface area contributed by atoms with Crippen LogP contribution in [0.4, 0.5) is 0 Å². The molecule has 0 amide bonds. The van der Waals surface area contributed by atoms with Crippen LogP contribution in [-0.2, 0) is 4.79 Å². The second-order valence-corrected chi connectivity index (χ2v) is 2.96. The third-order valence-electron chi connectivity index (χ3n) is 1.99. The molecule has 1 aromatic rings. The summed E-state index contributed by atoms with van der Waals surface area (Å²) in [6.07, 6.45) is 0.560. The number of carboxylic acids is 1. The van der Waals surface area contributed by atoms with Crippen molar-refractivity contribution in [1.29, 1.82) is 0 Å². The van der Waals surface area contributed by atoms with E-state index in [1.54, 1.807) is 0 Å². The van der Waals surface area contributed by atoms with E-state index < -0.39 is 5.97 Å². The molecule has 88 valence electrons. The van der Waals surface area contributed by atoms with Crippen LogP contribution in [0.25, 0.3) is 0 Å². The number of rotatable bonds is 3. The van der Waals surface area contributed by atoms with E-state index in [4.69, 9.17) is 14.6 Å². The maximum atomic E-state index is 10.9. The molecule has 0 aromatic heterocycles. The molecule has 0 unspecified atom stereocenters. The zero-order valence-electron chi connectivity index (χ0n) is 9.31. The number of carboxylic acid groups (broad SMARTS) is 1. The van der Waals surface area contributed by atoms with E-state index in [2.05, 4.69) is 5.92 Å². The highest BCUT2D eigenvalue weighted by Gasteiger charge is 2.10. The van der Waals surface area contributed by atoms with Gasteiger partial charge in [-0.05, 0) is 6.07 Å². The van der Waals surface area contributed by atoms with Crippen LogP contribution >= 0.6 is 0 Å². The van der Waals surface area contributed by atoms with Crippen molar-refractivity contribution >= 4 is 12.3 Å². The van der Waals surface area contributed by atoms with Crippen molar-refractivity contribution < 1.29 is 24.2 Å². The lowest BCUT2D eigenvalue weighted by Gasteiger charge is -2.08. The van der Waals surface area contributed by atoms with Crippen LogP contribution in [-0.4, -0.2) is 31.6 Å². The number of carbonyl (C=O) groups is 2. The zero-order valence-corrected chi connectivity index (χ0v) is 9.31. The highest BCUT2D eigenvalue weighted by Crippen LogP contribution is 2.26. The largest absolute Gasteiger partial charge is 0.497 e. The minimum absolute atomic E-state index is 0.196. The molecule has 0 radical (unpaired) electrons. The Labute approximate surface area is 98.0 Å². The Morgan fingerprint density at radius 3 is 2.53 bits per heavy atom. The van der Waals surface area contributed by atoms with Gasteiger partial charge in [-0.2, -0.15) is 0 Å². The lowest BCUT2D eigenvalue weighted by atomic mass is 10.1. The number of benzene rings is 1. The number of aliphatic carboxylic acids is 1. The third-order valence-corrected chi connectivity index (χ3v) is 1.99. The Kier molecular flexibility index (Phi) is 4.12. The van der Waals surface area contributed by atoms with Crippen molar-refractivity contribution in [1.82, 2.24) is 0 Å². The fourth-order valence-electron chi connectivity index (χ4n) is 1.23. The first-order chi connectivity index (χ1) is 8.12. The minimum Gasteiger partial charge on any atom is -0.497 e. The van der Waals surface area contributed by atoms with Gasteiger partial charge in [0.05, 0.1) is 19.8 Å². The molecule has 0 aliphatic carbocycles. The van der Waals surface area contributed by atoms with E-state index in [0.29, 0.717) is 12.0 Å². The van der Waals surface area contributed by atoms with Crippen LogP contribution in [0.5, 0.6) is 11.5 Å². The molecular formula is C12H10O5. The van der Waals surface area contributed by atoms with Crippen LogP contribution in [0.1, 0.15) is 15.9 Å². The van der Waals surface area contributed by atoms with E-state index in [9.17, 15) is 9.59 Å². The van der Waals surface area contributed by atoms with Crippen LogP contribution in [0.15, 0.2) is 12.1 Å².